The fourth-order valence-electron chi connectivity index (χ4n) is 2.57. The van der Waals surface area contributed by atoms with Crippen LogP contribution in [0.1, 0.15) is 31.5 Å². The summed E-state index contributed by atoms with van der Waals surface area (Å²) >= 11 is 0. The number of aromatic nitrogens is 4. The summed E-state index contributed by atoms with van der Waals surface area (Å²) in [7, 11) is 0. The summed E-state index contributed by atoms with van der Waals surface area (Å²) in [5.74, 6) is -6.29. The maximum absolute atomic E-state index is 13.6. The summed E-state index contributed by atoms with van der Waals surface area (Å²) in [5, 5.41) is 10.3. The number of alkyl halides is 5. The summed E-state index contributed by atoms with van der Waals surface area (Å²) in [6, 6.07) is 2.90. The Morgan fingerprint density at radius 3 is 2.13 bits per heavy atom. The van der Waals surface area contributed by atoms with Crippen LogP contribution >= 0.6 is 0 Å². The molecular weight excluding hydrogens is 321 g/mol. The Kier molecular flexibility index (Phi) is 3.85. The van der Waals surface area contributed by atoms with E-state index in [2.05, 4.69) is 15.3 Å². The molecule has 0 spiro atoms. The fourth-order valence-corrected chi connectivity index (χ4v) is 2.57. The van der Waals surface area contributed by atoms with Crippen LogP contribution in [0.15, 0.2) is 12.1 Å². The molecule has 5 nitrogen and oxygen atoms in total. The molecule has 0 amide bonds. The number of fused-ring (bicyclic) bond motifs is 1. The number of halogens is 5. The predicted molar refractivity (Wildman–Crippen MR) is 71.4 cm³/mol. The minimum atomic E-state index is -5.75. The van der Waals surface area contributed by atoms with Crippen LogP contribution < -0.4 is 4.90 Å². The maximum atomic E-state index is 13.6. The largest absolute Gasteiger partial charge is 0.461 e. The van der Waals surface area contributed by atoms with Gasteiger partial charge in [0, 0.05) is 13.1 Å². The first-order valence-electron chi connectivity index (χ1n) is 7.23. The quantitative estimate of drug-likeness (QED) is 0.791. The Morgan fingerprint density at radius 1 is 0.870 bits per heavy atom. The first-order chi connectivity index (χ1) is 10.8. The van der Waals surface area contributed by atoms with Gasteiger partial charge in [-0.1, -0.05) is 12.8 Å². The standard InChI is InChI=1S/C13H14F5N5/c14-12(15,13(16,17)18)11-20-19-9-5-6-10(21-23(9)11)22-7-3-1-2-4-8-22/h5-6H,1-4,7-8H2. The monoisotopic (exact) mass is 335 g/mol. The lowest BCUT2D eigenvalue weighted by Gasteiger charge is -2.22. The van der Waals surface area contributed by atoms with Crippen molar-refractivity contribution in [2.24, 2.45) is 0 Å². The Balaban J connectivity index is 2.03. The molecule has 1 fully saturated rings. The van der Waals surface area contributed by atoms with E-state index in [1.54, 1.807) is 6.07 Å². The highest BCUT2D eigenvalue weighted by molar-refractivity contribution is 5.46. The molecule has 0 unspecified atom stereocenters. The Hall–Kier alpha value is -2.00. The van der Waals surface area contributed by atoms with Crippen LogP contribution in [-0.2, 0) is 5.92 Å². The van der Waals surface area contributed by atoms with Crippen molar-refractivity contribution in [3.05, 3.63) is 18.0 Å². The van der Waals surface area contributed by atoms with Crippen LogP contribution in [0.3, 0.4) is 0 Å². The molecular formula is C13H14F5N5. The molecule has 1 saturated heterocycles. The molecule has 10 heteroatoms. The first kappa shape index (κ1) is 15.9. The second kappa shape index (κ2) is 5.57. The number of anilines is 1. The lowest BCUT2D eigenvalue weighted by molar-refractivity contribution is -0.293. The molecule has 126 valence electrons. The van der Waals surface area contributed by atoms with Crippen molar-refractivity contribution in [2.45, 2.75) is 37.8 Å². The van der Waals surface area contributed by atoms with E-state index in [0.29, 0.717) is 23.4 Å². The Bertz CT molecular complexity index is 688. The first-order valence-corrected chi connectivity index (χ1v) is 7.23. The van der Waals surface area contributed by atoms with Gasteiger partial charge < -0.3 is 4.90 Å². The zero-order valence-corrected chi connectivity index (χ0v) is 12.0. The maximum Gasteiger partial charge on any atom is 0.461 e. The predicted octanol–water partition coefficient (Wildman–Crippen LogP) is 3.16. The number of nitrogens with zero attached hydrogens (tertiary/aromatic N) is 5. The van der Waals surface area contributed by atoms with Gasteiger partial charge >= 0.3 is 12.1 Å². The smallest absolute Gasteiger partial charge is 0.355 e. The Labute approximate surface area is 128 Å². The van der Waals surface area contributed by atoms with E-state index < -0.39 is 17.9 Å². The number of rotatable bonds is 2. The molecule has 0 radical (unpaired) electrons. The minimum absolute atomic E-state index is 0.150. The van der Waals surface area contributed by atoms with E-state index in [0.717, 1.165) is 25.7 Å². The van der Waals surface area contributed by atoms with E-state index in [4.69, 9.17) is 0 Å². The van der Waals surface area contributed by atoms with Crippen molar-refractivity contribution in [1.82, 2.24) is 19.8 Å². The van der Waals surface area contributed by atoms with Gasteiger partial charge in [-0.2, -0.15) is 26.5 Å². The van der Waals surface area contributed by atoms with Crippen molar-refractivity contribution >= 4 is 11.5 Å². The van der Waals surface area contributed by atoms with Gasteiger partial charge in [0.25, 0.3) is 0 Å². The van der Waals surface area contributed by atoms with Gasteiger partial charge in [0.15, 0.2) is 5.65 Å². The molecule has 0 bridgehead atoms. The van der Waals surface area contributed by atoms with Crippen molar-refractivity contribution in [2.75, 3.05) is 18.0 Å². The van der Waals surface area contributed by atoms with Gasteiger partial charge in [-0.25, -0.2) is 0 Å². The van der Waals surface area contributed by atoms with Crippen LogP contribution in [0, 0.1) is 0 Å². The molecule has 3 rings (SSSR count). The normalized spacial score (nSPS) is 17.5. The van der Waals surface area contributed by atoms with Gasteiger partial charge in [-0.15, -0.1) is 15.3 Å². The number of hydrogen-bond acceptors (Lipinski definition) is 4. The Morgan fingerprint density at radius 2 is 1.52 bits per heavy atom. The van der Waals surface area contributed by atoms with Crippen LogP contribution in [0.2, 0.25) is 0 Å². The molecule has 1 aliphatic heterocycles. The summed E-state index contributed by atoms with van der Waals surface area (Å²) in [6.45, 7) is 1.37. The molecule has 2 aromatic heterocycles. The molecule has 0 aliphatic carbocycles. The molecule has 2 aromatic rings. The van der Waals surface area contributed by atoms with Crippen molar-refractivity contribution in [1.29, 1.82) is 0 Å². The average Bonchev–Trinajstić information content (AvgIpc) is 2.72. The van der Waals surface area contributed by atoms with Crippen molar-refractivity contribution in [3.63, 3.8) is 0 Å². The molecule has 0 aromatic carbocycles. The molecule has 3 heterocycles. The van der Waals surface area contributed by atoms with E-state index >= 15 is 0 Å². The minimum Gasteiger partial charge on any atom is -0.355 e. The second-order valence-corrected chi connectivity index (χ2v) is 5.46. The summed E-state index contributed by atoms with van der Waals surface area (Å²) in [4.78, 5) is 1.88. The summed E-state index contributed by atoms with van der Waals surface area (Å²) in [5.41, 5.74) is -0.150. The highest BCUT2D eigenvalue weighted by Gasteiger charge is 2.62. The van der Waals surface area contributed by atoms with E-state index in [1.807, 2.05) is 4.90 Å². The summed E-state index contributed by atoms with van der Waals surface area (Å²) < 4.78 is 65.3. The van der Waals surface area contributed by atoms with Crippen LogP contribution in [-0.4, -0.2) is 39.1 Å². The van der Waals surface area contributed by atoms with Crippen LogP contribution in [0.25, 0.3) is 5.65 Å². The van der Waals surface area contributed by atoms with Gasteiger partial charge in [0.1, 0.15) is 5.82 Å². The third-order valence-corrected chi connectivity index (χ3v) is 3.82. The van der Waals surface area contributed by atoms with Crippen LogP contribution in [0.5, 0.6) is 0 Å². The average molecular weight is 335 g/mol. The number of hydrogen-bond donors (Lipinski definition) is 0. The third kappa shape index (κ3) is 2.81. The van der Waals surface area contributed by atoms with Crippen molar-refractivity contribution < 1.29 is 22.0 Å². The van der Waals surface area contributed by atoms with Crippen LogP contribution in [0.4, 0.5) is 27.8 Å². The highest BCUT2D eigenvalue weighted by atomic mass is 19.4. The highest BCUT2D eigenvalue weighted by Crippen LogP contribution is 2.42. The van der Waals surface area contributed by atoms with E-state index in [-0.39, 0.29) is 5.65 Å². The molecule has 0 atom stereocenters. The molecule has 0 N–H and O–H groups in total. The molecule has 23 heavy (non-hydrogen) atoms. The topological polar surface area (TPSA) is 46.3 Å². The second-order valence-electron chi connectivity index (χ2n) is 5.46. The molecule has 0 saturated carbocycles. The van der Waals surface area contributed by atoms with E-state index in [1.165, 1.54) is 6.07 Å². The van der Waals surface area contributed by atoms with Gasteiger partial charge in [0.2, 0.25) is 5.82 Å². The summed E-state index contributed by atoms with van der Waals surface area (Å²) in [6.07, 6.45) is -1.79. The van der Waals surface area contributed by atoms with Gasteiger partial charge in [-0.05, 0) is 25.0 Å². The van der Waals surface area contributed by atoms with E-state index in [9.17, 15) is 22.0 Å². The molecule has 1 aliphatic rings. The zero-order valence-electron chi connectivity index (χ0n) is 12.0. The zero-order chi connectivity index (χ0) is 16.7. The van der Waals surface area contributed by atoms with Crippen molar-refractivity contribution in [3.8, 4) is 0 Å². The lowest BCUT2D eigenvalue weighted by atomic mass is 10.2. The van der Waals surface area contributed by atoms with Gasteiger partial charge in [0.05, 0.1) is 0 Å². The third-order valence-electron chi connectivity index (χ3n) is 3.82. The lowest BCUT2D eigenvalue weighted by Crippen LogP contribution is -2.36. The SMILES string of the molecule is FC(F)(F)C(F)(F)c1nnc2ccc(N3CCCCCC3)nn12. The fraction of sp³-hybridized carbons (Fsp3) is 0.615. The van der Waals surface area contributed by atoms with Gasteiger partial charge in [-0.3, -0.25) is 0 Å².